The van der Waals surface area contributed by atoms with Crippen LogP contribution >= 0.6 is 0 Å². The molecule has 8 nitrogen and oxygen atoms in total. The maximum atomic E-state index is 14.3. The largest absolute Gasteiger partial charge is 0.345 e. The molecule has 1 fully saturated rings. The first-order valence-corrected chi connectivity index (χ1v) is 12.5. The van der Waals surface area contributed by atoms with Crippen LogP contribution in [0, 0.1) is 6.92 Å². The Morgan fingerprint density at radius 1 is 1.26 bits per heavy atom. The van der Waals surface area contributed by atoms with Crippen molar-refractivity contribution in [3.8, 4) is 11.1 Å². The molecule has 34 heavy (non-hydrogen) atoms. The summed E-state index contributed by atoms with van der Waals surface area (Å²) in [6.45, 7) is 1.80. The Hall–Kier alpha value is -3.08. The van der Waals surface area contributed by atoms with Gasteiger partial charge >= 0.3 is 0 Å². The number of aryl methyl sites for hydroxylation is 1. The molecule has 3 N–H and O–H groups in total. The van der Waals surface area contributed by atoms with Crippen LogP contribution in [0.3, 0.4) is 0 Å². The summed E-state index contributed by atoms with van der Waals surface area (Å²) in [5, 5.41) is 0. The minimum Gasteiger partial charge on any atom is -0.345 e. The van der Waals surface area contributed by atoms with E-state index in [-0.39, 0.29) is 29.9 Å². The summed E-state index contributed by atoms with van der Waals surface area (Å²) in [5.74, 6) is -0.0213. The molecular formula is C24H28FN5O3S. The van der Waals surface area contributed by atoms with E-state index >= 15 is 0 Å². The second kappa shape index (κ2) is 9.28. The van der Waals surface area contributed by atoms with Crippen LogP contribution in [0.25, 0.3) is 22.2 Å². The van der Waals surface area contributed by atoms with Crippen molar-refractivity contribution < 1.29 is 17.6 Å². The van der Waals surface area contributed by atoms with Crippen LogP contribution in [0.4, 0.5) is 4.39 Å². The molecule has 1 saturated carbocycles. The van der Waals surface area contributed by atoms with Gasteiger partial charge in [0.2, 0.25) is 10.0 Å². The van der Waals surface area contributed by atoms with Crippen molar-refractivity contribution in [2.75, 3.05) is 20.6 Å². The molecule has 0 aliphatic heterocycles. The SMILES string of the molecule is Cc1nc2c(-c3ccc(S(=O)(=O)NC4CC4)cc3)cc(C(=O)N(C)C)cc2n1C/C(F)=C/CN. The molecule has 1 aliphatic rings. The summed E-state index contributed by atoms with van der Waals surface area (Å²) in [4.78, 5) is 19.1. The predicted molar refractivity (Wildman–Crippen MR) is 130 cm³/mol. The van der Waals surface area contributed by atoms with E-state index in [1.165, 1.54) is 11.0 Å². The van der Waals surface area contributed by atoms with Crippen LogP contribution < -0.4 is 10.5 Å². The van der Waals surface area contributed by atoms with E-state index in [0.717, 1.165) is 12.8 Å². The number of carbonyl (C=O) groups excluding carboxylic acids is 1. The lowest BCUT2D eigenvalue weighted by molar-refractivity contribution is 0.0827. The lowest BCUT2D eigenvalue weighted by atomic mass is 10.0. The fourth-order valence-corrected chi connectivity index (χ4v) is 5.09. The molecule has 1 heterocycles. The number of allylic oxidation sites excluding steroid dienone is 1. The number of hydrogen-bond donors (Lipinski definition) is 2. The molecular weight excluding hydrogens is 457 g/mol. The first kappa shape index (κ1) is 24.1. The number of aromatic nitrogens is 2. The van der Waals surface area contributed by atoms with Gasteiger partial charge in [-0.1, -0.05) is 12.1 Å². The van der Waals surface area contributed by atoms with Crippen molar-refractivity contribution in [2.45, 2.75) is 37.2 Å². The smallest absolute Gasteiger partial charge is 0.253 e. The molecule has 0 spiro atoms. The minimum atomic E-state index is -3.58. The van der Waals surface area contributed by atoms with Crippen LogP contribution in [-0.2, 0) is 16.6 Å². The van der Waals surface area contributed by atoms with Gasteiger partial charge in [0.05, 0.1) is 22.5 Å². The van der Waals surface area contributed by atoms with Gasteiger partial charge in [-0.15, -0.1) is 0 Å². The Kier molecular flexibility index (Phi) is 6.57. The summed E-state index contributed by atoms with van der Waals surface area (Å²) < 4.78 is 43.8. The summed E-state index contributed by atoms with van der Waals surface area (Å²) in [7, 11) is -0.266. The van der Waals surface area contributed by atoms with Gasteiger partial charge in [-0.25, -0.2) is 22.5 Å². The molecule has 0 unspecified atom stereocenters. The molecule has 2 aromatic carbocycles. The summed E-state index contributed by atoms with van der Waals surface area (Å²) in [6.07, 6.45) is 3.01. The number of sulfonamides is 1. The number of hydrogen-bond acceptors (Lipinski definition) is 5. The molecule has 1 amide bonds. The third-order valence-corrected chi connectivity index (χ3v) is 7.26. The Balaban J connectivity index is 1.84. The maximum absolute atomic E-state index is 14.3. The average molecular weight is 486 g/mol. The third kappa shape index (κ3) is 4.89. The van der Waals surface area contributed by atoms with Crippen molar-refractivity contribution in [3.05, 3.63) is 59.7 Å². The quantitative estimate of drug-likeness (QED) is 0.510. The number of nitrogens with one attached hydrogen (secondary N) is 1. The zero-order valence-corrected chi connectivity index (χ0v) is 20.2. The number of fused-ring (bicyclic) bond motifs is 1. The molecule has 0 bridgehead atoms. The van der Waals surface area contributed by atoms with Gasteiger partial charge in [-0.2, -0.15) is 0 Å². The second-order valence-electron chi connectivity index (χ2n) is 8.64. The number of nitrogens with zero attached hydrogens (tertiary/aromatic N) is 3. The monoisotopic (exact) mass is 485 g/mol. The topological polar surface area (TPSA) is 110 Å². The van der Waals surface area contributed by atoms with Gasteiger partial charge in [0, 0.05) is 37.8 Å². The average Bonchev–Trinajstić information content (AvgIpc) is 3.54. The minimum absolute atomic E-state index is 0.0127. The van der Waals surface area contributed by atoms with E-state index in [1.54, 1.807) is 62.0 Å². The van der Waals surface area contributed by atoms with E-state index in [2.05, 4.69) is 9.71 Å². The van der Waals surface area contributed by atoms with Gasteiger partial charge in [0.15, 0.2) is 0 Å². The van der Waals surface area contributed by atoms with E-state index < -0.39 is 15.9 Å². The lowest BCUT2D eigenvalue weighted by Gasteiger charge is -2.14. The Morgan fingerprint density at radius 2 is 1.94 bits per heavy atom. The molecule has 10 heteroatoms. The molecule has 180 valence electrons. The van der Waals surface area contributed by atoms with Crippen molar-refractivity contribution in [1.29, 1.82) is 0 Å². The highest BCUT2D eigenvalue weighted by molar-refractivity contribution is 7.89. The normalized spacial score (nSPS) is 14.6. The number of benzene rings is 2. The van der Waals surface area contributed by atoms with Crippen molar-refractivity contribution in [3.63, 3.8) is 0 Å². The number of amides is 1. The number of nitrogens with two attached hydrogens (primary N) is 1. The van der Waals surface area contributed by atoms with Crippen LogP contribution in [0.1, 0.15) is 29.0 Å². The van der Waals surface area contributed by atoms with Gasteiger partial charge < -0.3 is 15.2 Å². The lowest BCUT2D eigenvalue weighted by Crippen LogP contribution is -2.25. The summed E-state index contributed by atoms with van der Waals surface area (Å²) in [6, 6.07) is 9.93. The zero-order valence-electron chi connectivity index (χ0n) is 19.4. The third-order valence-electron chi connectivity index (χ3n) is 5.72. The Labute approximate surface area is 198 Å². The maximum Gasteiger partial charge on any atom is 0.253 e. The molecule has 1 aliphatic carbocycles. The van der Waals surface area contributed by atoms with E-state index in [9.17, 15) is 17.6 Å². The van der Waals surface area contributed by atoms with Crippen LogP contribution in [-0.4, -0.2) is 55.5 Å². The highest BCUT2D eigenvalue weighted by atomic mass is 32.2. The van der Waals surface area contributed by atoms with Crippen molar-refractivity contribution >= 4 is 27.0 Å². The highest BCUT2D eigenvalue weighted by Gasteiger charge is 2.28. The molecule has 0 saturated heterocycles. The van der Waals surface area contributed by atoms with Gasteiger partial charge in [0.1, 0.15) is 11.7 Å². The fraction of sp³-hybridized carbons (Fsp3) is 0.333. The Bertz CT molecular complexity index is 1370. The molecule has 0 atom stereocenters. The second-order valence-corrected chi connectivity index (χ2v) is 10.4. The van der Waals surface area contributed by atoms with E-state index in [1.807, 2.05) is 0 Å². The number of halogens is 1. The predicted octanol–water partition coefficient (Wildman–Crippen LogP) is 2.97. The molecule has 3 aromatic rings. The first-order chi connectivity index (χ1) is 16.1. The van der Waals surface area contributed by atoms with Crippen LogP contribution in [0.15, 0.2) is 53.2 Å². The molecule has 4 rings (SSSR count). The first-order valence-electron chi connectivity index (χ1n) is 11.0. The van der Waals surface area contributed by atoms with Gasteiger partial charge in [0.25, 0.3) is 5.91 Å². The molecule has 1 aromatic heterocycles. The van der Waals surface area contributed by atoms with Crippen molar-refractivity contribution in [1.82, 2.24) is 19.2 Å². The standard InChI is InChI=1S/C24H28FN5O3S/c1-15-27-23-21(16-4-8-20(9-5-16)34(32,33)28-19-6-7-19)12-17(24(31)29(2)3)13-22(23)30(15)14-18(25)10-11-26/h4-5,8-10,12-13,19,28H,6-7,11,14,26H2,1-3H3/b18-10-. The van der Waals surface area contributed by atoms with E-state index in [4.69, 9.17) is 5.73 Å². The Morgan fingerprint density at radius 3 is 2.53 bits per heavy atom. The zero-order chi connectivity index (χ0) is 24.6. The van der Waals surface area contributed by atoms with Gasteiger partial charge in [-0.3, -0.25) is 4.79 Å². The highest BCUT2D eigenvalue weighted by Crippen LogP contribution is 2.32. The molecule has 0 radical (unpaired) electrons. The van der Waals surface area contributed by atoms with Gasteiger partial charge in [-0.05, 0) is 55.7 Å². The van der Waals surface area contributed by atoms with Crippen LogP contribution in [0.5, 0.6) is 0 Å². The summed E-state index contributed by atoms with van der Waals surface area (Å²) in [5.41, 5.74) is 8.42. The van der Waals surface area contributed by atoms with E-state index in [0.29, 0.717) is 33.5 Å². The van der Waals surface area contributed by atoms with Crippen molar-refractivity contribution in [2.24, 2.45) is 5.73 Å². The van der Waals surface area contributed by atoms with Crippen LogP contribution in [0.2, 0.25) is 0 Å². The number of carbonyl (C=O) groups is 1. The number of imidazole rings is 1. The number of rotatable bonds is 8. The fourth-order valence-electron chi connectivity index (χ4n) is 3.79. The summed E-state index contributed by atoms with van der Waals surface area (Å²) >= 11 is 0.